The number of nitrogens with one attached hydrogen (secondary N) is 1. The molecular formula is C10H21NO. The molecule has 0 radical (unpaired) electrons. The summed E-state index contributed by atoms with van der Waals surface area (Å²) in [4.78, 5) is 0. The van der Waals surface area contributed by atoms with Gasteiger partial charge < -0.3 is 10.4 Å². The Morgan fingerprint density at radius 1 is 1.33 bits per heavy atom. The zero-order valence-electron chi connectivity index (χ0n) is 8.21. The summed E-state index contributed by atoms with van der Waals surface area (Å²) in [6.45, 7) is 4.62. The first kappa shape index (κ1) is 10.0. The Kier molecular flexibility index (Phi) is 4.02. The maximum Gasteiger partial charge on any atom is 0.0582 e. The van der Waals surface area contributed by atoms with Crippen molar-refractivity contribution >= 4 is 0 Å². The van der Waals surface area contributed by atoms with Crippen LogP contribution in [0.2, 0.25) is 0 Å². The number of aliphatic hydroxyl groups excluding tert-OH is 1. The van der Waals surface area contributed by atoms with Gasteiger partial charge in [-0.05, 0) is 38.5 Å². The summed E-state index contributed by atoms with van der Waals surface area (Å²) in [5, 5.41) is 12.3. The van der Waals surface area contributed by atoms with Gasteiger partial charge in [0.2, 0.25) is 0 Å². The Hall–Kier alpha value is -0.0800. The molecule has 1 saturated carbocycles. The monoisotopic (exact) mass is 171 g/mol. The van der Waals surface area contributed by atoms with Gasteiger partial charge in [0.25, 0.3) is 0 Å². The van der Waals surface area contributed by atoms with E-state index in [0.717, 1.165) is 5.92 Å². The molecule has 0 aromatic carbocycles. The maximum absolute atomic E-state index is 8.85. The third-order valence-corrected chi connectivity index (χ3v) is 2.81. The molecule has 0 aromatic rings. The molecule has 1 aliphatic rings. The molecule has 2 heteroatoms. The number of hydrogen-bond acceptors (Lipinski definition) is 2. The molecular weight excluding hydrogens is 150 g/mol. The van der Waals surface area contributed by atoms with Crippen molar-refractivity contribution in [3.8, 4) is 0 Å². The van der Waals surface area contributed by atoms with Gasteiger partial charge in [0.1, 0.15) is 0 Å². The van der Waals surface area contributed by atoms with E-state index in [2.05, 4.69) is 12.2 Å². The number of rotatable bonds is 3. The largest absolute Gasteiger partial charge is 0.395 e. The molecule has 0 unspecified atom stereocenters. The molecule has 0 amide bonds. The summed E-state index contributed by atoms with van der Waals surface area (Å²) in [5.74, 6) is 0.910. The molecule has 12 heavy (non-hydrogen) atoms. The number of aliphatic hydroxyl groups is 1. The average Bonchev–Trinajstić information content (AvgIpc) is 2.09. The van der Waals surface area contributed by atoms with Crippen molar-refractivity contribution in [3.05, 3.63) is 0 Å². The van der Waals surface area contributed by atoms with Crippen LogP contribution in [0.4, 0.5) is 0 Å². The molecule has 1 fully saturated rings. The minimum absolute atomic E-state index is 0.256. The van der Waals surface area contributed by atoms with Crippen LogP contribution in [0.5, 0.6) is 0 Å². The van der Waals surface area contributed by atoms with E-state index in [1.807, 2.05) is 6.92 Å². The summed E-state index contributed by atoms with van der Waals surface area (Å²) in [7, 11) is 0. The SMILES string of the molecule is CC1CCC(N[C@@H](C)CO)CC1. The van der Waals surface area contributed by atoms with Gasteiger partial charge in [-0.2, -0.15) is 0 Å². The highest BCUT2D eigenvalue weighted by atomic mass is 16.3. The van der Waals surface area contributed by atoms with Crippen LogP contribution in [0.25, 0.3) is 0 Å². The molecule has 0 saturated heterocycles. The van der Waals surface area contributed by atoms with Crippen LogP contribution in [0.3, 0.4) is 0 Å². The van der Waals surface area contributed by atoms with Gasteiger partial charge in [-0.3, -0.25) is 0 Å². The van der Waals surface area contributed by atoms with Crippen molar-refractivity contribution in [1.82, 2.24) is 5.32 Å². The van der Waals surface area contributed by atoms with Crippen molar-refractivity contribution in [2.24, 2.45) is 5.92 Å². The topological polar surface area (TPSA) is 32.3 Å². The third kappa shape index (κ3) is 3.11. The van der Waals surface area contributed by atoms with Crippen LogP contribution in [-0.2, 0) is 0 Å². The summed E-state index contributed by atoms with van der Waals surface area (Å²) in [6.07, 6.45) is 5.25. The lowest BCUT2D eigenvalue weighted by Crippen LogP contribution is -2.40. The van der Waals surface area contributed by atoms with Crippen LogP contribution < -0.4 is 5.32 Å². The molecule has 2 N–H and O–H groups in total. The summed E-state index contributed by atoms with van der Waals surface area (Å²) < 4.78 is 0. The van der Waals surface area contributed by atoms with Crippen molar-refractivity contribution in [2.75, 3.05) is 6.61 Å². The number of hydrogen-bond donors (Lipinski definition) is 2. The van der Waals surface area contributed by atoms with Gasteiger partial charge in [-0.1, -0.05) is 6.92 Å². The Bertz CT molecular complexity index is 119. The van der Waals surface area contributed by atoms with Crippen molar-refractivity contribution in [1.29, 1.82) is 0 Å². The van der Waals surface area contributed by atoms with Crippen LogP contribution in [-0.4, -0.2) is 23.8 Å². The van der Waals surface area contributed by atoms with Crippen LogP contribution >= 0.6 is 0 Å². The molecule has 0 aliphatic heterocycles. The third-order valence-electron chi connectivity index (χ3n) is 2.81. The normalized spacial score (nSPS) is 33.2. The van der Waals surface area contributed by atoms with Crippen molar-refractivity contribution in [3.63, 3.8) is 0 Å². The zero-order valence-corrected chi connectivity index (χ0v) is 8.21. The standard InChI is InChI=1S/C10H21NO/c1-8-3-5-10(6-4-8)11-9(2)7-12/h8-12H,3-7H2,1-2H3/t8?,9-,10?/m0/s1. The lowest BCUT2D eigenvalue weighted by Gasteiger charge is -2.29. The molecule has 1 atom stereocenters. The van der Waals surface area contributed by atoms with E-state index >= 15 is 0 Å². The maximum atomic E-state index is 8.85. The van der Waals surface area contributed by atoms with Gasteiger partial charge in [0.15, 0.2) is 0 Å². The lowest BCUT2D eigenvalue weighted by atomic mass is 9.87. The van der Waals surface area contributed by atoms with E-state index in [-0.39, 0.29) is 12.6 Å². The second-order valence-electron chi connectivity index (χ2n) is 4.21. The fourth-order valence-electron chi connectivity index (χ4n) is 1.88. The first-order valence-electron chi connectivity index (χ1n) is 5.09. The minimum Gasteiger partial charge on any atom is -0.395 e. The van der Waals surface area contributed by atoms with Crippen molar-refractivity contribution < 1.29 is 5.11 Å². The van der Waals surface area contributed by atoms with Crippen LogP contribution in [0.15, 0.2) is 0 Å². The zero-order chi connectivity index (χ0) is 8.97. The van der Waals surface area contributed by atoms with Gasteiger partial charge in [-0.25, -0.2) is 0 Å². The van der Waals surface area contributed by atoms with Crippen LogP contribution in [0.1, 0.15) is 39.5 Å². The van der Waals surface area contributed by atoms with E-state index < -0.39 is 0 Å². The second kappa shape index (κ2) is 4.83. The van der Waals surface area contributed by atoms with E-state index in [1.165, 1.54) is 25.7 Å². The highest BCUT2D eigenvalue weighted by Gasteiger charge is 2.18. The molecule has 0 heterocycles. The molecule has 1 aliphatic carbocycles. The van der Waals surface area contributed by atoms with Gasteiger partial charge in [0.05, 0.1) is 6.61 Å². The quantitative estimate of drug-likeness (QED) is 0.675. The average molecular weight is 171 g/mol. The molecule has 0 aromatic heterocycles. The van der Waals surface area contributed by atoms with Gasteiger partial charge in [-0.15, -0.1) is 0 Å². The predicted molar refractivity (Wildman–Crippen MR) is 51.1 cm³/mol. The fraction of sp³-hybridized carbons (Fsp3) is 1.00. The summed E-state index contributed by atoms with van der Waals surface area (Å²) in [5.41, 5.74) is 0. The van der Waals surface area contributed by atoms with E-state index in [9.17, 15) is 0 Å². The van der Waals surface area contributed by atoms with Crippen molar-refractivity contribution in [2.45, 2.75) is 51.6 Å². The Balaban J connectivity index is 2.17. The molecule has 0 spiro atoms. The van der Waals surface area contributed by atoms with E-state index in [0.29, 0.717) is 6.04 Å². The van der Waals surface area contributed by atoms with Gasteiger partial charge in [0, 0.05) is 12.1 Å². The van der Waals surface area contributed by atoms with Gasteiger partial charge >= 0.3 is 0 Å². The smallest absolute Gasteiger partial charge is 0.0582 e. The first-order valence-corrected chi connectivity index (χ1v) is 5.09. The Labute approximate surface area is 75.4 Å². The highest BCUT2D eigenvalue weighted by Crippen LogP contribution is 2.23. The summed E-state index contributed by atoms with van der Waals surface area (Å²) >= 11 is 0. The highest BCUT2D eigenvalue weighted by molar-refractivity contribution is 4.77. The van der Waals surface area contributed by atoms with Crippen LogP contribution in [0, 0.1) is 5.92 Å². The Morgan fingerprint density at radius 2 is 1.92 bits per heavy atom. The second-order valence-corrected chi connectivity index (χ2v) is 4.21. The first-order chi connectivity index (χ1) is 5.72. The molecule has 0 bridgehead atoms. The predicted octanol–water partition coefficient (Wildman–Crippen LogP) is 1.54. The molecule has 72 valence electrons. The minimum atomic E-state index is 0.256. The molecule has 1 rings (SSSR count). The lowest BCUT2D eigenvalue weighted by molar-refractivity contribution is 0.218. The summed E-state index contributed by atoms with van der Waals surface area (Å²) in [6, 6.07) is 0.923. The van der Waals surface area contributed by atoms with E-state index in [4.69, 9.17) is 5.11 Å². The van der Waals surface area contributed by atoms with E-state index in [1.54, 1.807) is 0 Å². The molecule has 2 nitrogen and oxygen atoms in total. The fourth-order valence-corrected chi connectivity index (χ4v) is 1.88. The Morgan fingerprint density at radius 3 is 2.42 bits per heavy atom.